The van der Waals surface area contributed by atoms with Crippen molar-refractivity contribution in [2.75, 3.05) is 6.61 Å². The lowest BCUT2D eigenvalue weighted by Gasteiger charge is -2.28. The van der Waals surface area contributed by atoms with E-state index >= 15 is 0 Å². The van der Waals surface area contributed by atoms with Gasteiger partial charge >= 0.3 is 12.0 Å². The van der Waals surface area contributed by atoms with Gasteiger partial charge in [0.2, 0.25) is 0 Å². The van der Waals surface area contributed by atoms with Crippen LogP contribution in [0.1, 0.15) is 57.4 Å². The van der Waals surface area contributed by atoms with E-state index in [-0.39, 0.29) is 11.8 Å². The second-order valence-electron chi connectivity index (χ2n) is 8.38. The van der Waals surface area contributed by atoms with Gasteiger partial charge < -0.3 is 10.1 Å². The normalized spacial score (nSPS) is 19.6. The summed E-state index contributed by atoms with van der Waals surface area (Å²) in [6.45, 7) is 4.95. The average Bonchev–Trinajstić information content (AvgIpc) is 3.08. The number of fused-ring (bicyclic) bond motifs is 1. The van der Waals surface area contributed by atoms with Crippen LogP contribution in [0.2, 0.25) is 0 Å². The second kappa shape index (κ2) is 8.90. The van der Waals surface area contributed by atoms with Crippen LogP contribution in [0.3, 0.4) is 0 Å². The van der Waals surface area contributed by atoms with Gasteiger partial charge in [0.05, 0.1) is 21.1 Å². The van der Waals surface area contributed by atoms with E-state index in [1.165, 1.54) is 0 Å². The lowest BCUT2D eigenvalue weighted by Crippen LogP contribution is -2.49. The SMILES string of the molecule is CC(C)(C)NC(=O)NC(=O)COC(=O)[C@H]1CCCC[C@H]1c1nc2ccccc2s1. The topological polar surface area (TPSA) is 97.4 Å². The van der Waals surface area contributed by atoms with Crippen LogP contribution in [0, 0.1) is 5.92 Å². The molecule has 1 fully saturated rings. The Morgan fingerprint density at radius 3 is 2.62 bits per heavy atom. The van der Waals surface area contributed by atoms with Gasteiger partial charge in [-0.25, -0.2) is 9.78 Å². The molecule has 2 N–H and O–H groups in total. The number of urea groups is 1. The number of esters is 1. The van der Waals surface area contributed by atoms with Gasteiger partial charge in [0.15, 0.2) is 6.61 Å². The third kappa shape index (κ3) is 5.76. The predicted octanol–water partition coefficient (Wildman–Crippen LogP) is 3.74. The fraction of sp³-hybridized carbons (Fsp3) is 0.524. The van der Waals surface area contributed by atoms with Gasteiger partial charge in [0.25, 0.3) is 5.91 Å². The molecule has 1 aromatic carbocycles. The Hall–Kier alpha value is -2.48. The smallest absolute Gasteiger partial charge is 0.321 e. The number of rotatable bonds is 4. The van der Waals surface area contributed by atoms with E-state index in [1.54, 1.807) is 11.3 Å². The van der Waals surface area contributed by atoms with Crippen LogP contribution in [0.4, 0.5) is 4.79 Å². The van der Waals surface area contributed by atoms with Crippen molar-refractivity contribution in [1.29, 1.82) is 0 Å². The number of aromatic nitrogens is 1. The van der Waals surface area contributed by atoms with Gasteiger partial charge in [-0.05, 0) is 45.7 Å². The first-order chi connectivity index (χ1) is 13.7. The number of benzene rings is 1. The number of ether oxygens (including phenoxy) is 1. The van der Waals surface area contributed by atoms with Crippen LogP contribution in [-0.2, 0) is 14.3 Å². The molecular weight excluding hydrogens is 390 g/mol. The Morgan fingerprint density at radius 1 is 1.17 bits per heavy atom. The molecule has 2 aromatic rings. The molecule has 0 radical (unpaired) electrons. The van der Waals surface area contributed by atoms with E-state index in [2.05, 4.69) is 10.6 Å². The molecule has 8 heteroatoms. The first-order valence-electron chi connectivity index (χ1n) is 9.87. The van der Waals surface area contributed by atoms with E-state index in [4.69, 9.17) is 9.72 Å². The third-order valence-electron chi connectivity index (χ3n) is 4.78. The Labute approximate surface area is 174 Å². The summed E-state index contributed by atoms with van der Waals surface area (Å²) in [6, 6.07) is 7.32. The summed E-state index contributed by atoms with van der Waals surface area (Å²) >= 11 is 1.61. The van der Waals surface area contributed by atoms with Gasteiger partial charge in [-0.3, -0.25) is 14.9 Å². The third-order valence-corrected chi connectivity index (χ3v) is 5.95. The quantitative estimate of drug-likeness (QED) is 0.739. The lowest BCUT2D eigenvalue weighted by molar-refractivity contribution is -0.154. The van der Waals surface area contributed by atoms with Crippen molar-refractivity contribution in [2.45, 2.75) is 57.9 Å². The highest BCUT2D eigenvalue weighted by atomic mass is 32.1. The number of imide groups is 1. The van der Waals surface area contributed by atoms with Crippen molar-refractivity contribution in [3.05, 3.63) is 29.3 Å². The Bertz CT molecular complexity index is 870. The number of carbonyl (C=O) groups excluding carboxylic acids is 3. The summed E-state index contributed by atoms with van der Waals surface area (Å²) in [7, 11) is 0. The van der Waals surface area contributed by atoms with E-state index in [0.717, 1.165) is 34.5 Å². The fourth-order valence-corrected chi connectivity index (χ4v) is 4.70. The molecule has 1 saturated carbocycles. The van der Waals surface area contributed by atoms with Crippen molar-refractivity contribution in [3.63, 3.8) is 0 Å². The largest absolute Gasteiger partial charge is 0.455 e. The average molecular weight is 418 g/mol. The Kier molecular flexibility index (Phi) is 6.52. The molecule has 29 heavy (non-hydrogen) atoms. The zero-order valence-corrected chi connectivity index (χ0v) is 17.8. The summed E-state index contributed by atoms with van der Waals surface area (Å²) in [4.78, 5) is 41.1. The molecule has 0 spiro atoms. The van der Waals surface area contributed by atoms with E-state index in [1.807, 2.05) is 45.0 Å². The zero-order chi connectivity index (χ0) is 21.0. The standard InChI is InChI=1S/C21H27N3O4S/c1-21(2,3)24-20(27)23-17(25)12-28-19(26)14-9-5-4-8-13(14)18-22-15-10-6-7-11-16(15)29-18/h6-7,10-11,13-14H,4-5,8-9,12H2,1-3H3,(H2,23,24,25,27)/t13-,14+/m1/s1. The molecule has 0 unspecified atom stereocenters. The number of hydrogen-bond donors (Lipinski definition) is 2. The van der Waals surface area contributed by atoms with E-state index in [9.17, 15) is 14.4 Å². The number of amides is 3. The summed E-state index contributed by atoms with van der Waals surface area (Å²) in [5.41, 5.74) is 0.475. The van der Waals surface area contributed by atoms with Crippen molar-refractivity contribution < 1.29 is 19.1 Å². The number of carbonyl (C=O) groups is 3. The lowest BCUT2D eigenvalue weighted by atomic mass is 9.79. The molecule has 1 aliphatic rings. The van der Waals surface area contributed by atoms with Crippen LogP contribution in [0.5, 0.6) is 0 Å². The summed E-state index contributed by atoms with van der Waals surface area (Å²) in [6.07, 6.45) is 3.57. The van der Waals surface area contributed by atoms with Gasteiger partial charge in [-0.2, -0.15) is 0 Å². The monoisotopic (exact) mass is 417 g/mol. The minimum atomic E-state index is -0.646. The minimum absolute atomic E-state index is 0.000834. The molecular formula is C21H27N3O4S. The van der Waals surface area contributed by atoms with Gasteiger partial charge in [0.1, 0.15) is 0 Å². The van der Waals surface area contributed by atoms with Crippen LogP contribution in [-0.4, -0.2) is 35.0 Å². The van der Waals surface area contributed by atoms with Crippen molar-refractivity contribution in [3.8, 4) is 0 Å². The Morgan fingerprint density at radius 2 is 1.90 bits per heavy atom. The minimum Gasteiger partial charge on any atom is -0.455 e. The van der Waals surface area contributed by atoms with E-state index < -0.39 is 30.1 Å². The first kappa shape index (κ1) is 21.2. The van der Waals surface area contributed by atoms with Crippen LogP contribution < -0.4 is 10.6 Å². The number of hydrogen-bond acceptors (Lipinski definition) is 6. The molecule has 0 bridgehead atoms. The number of nitrogens with zero attached hydrogens (tertiary/aromatic N) is 1. The van der Waals surface area contributed by atoms with Crippen LogP contribution >= 0.6 is 11.3 Å². The van der Waals surface area contributed by atoms with Gasteiger partial charge in [-0.15, -0.1) is 11.3 Å². The highest BCUT2D eigenvalue weighted by Gasteiger charge is 2.35. The van der Waals surface area contributed by atoms with Crippen molar-refractivity contribution >= 4 is 39.5 Å². The maximum atomic E-state index is 12.7. The molecule has 7 nitrogen and oxygen atoms in total. The fourth-order valence-electron chi connectivity index (χ4n) is 3.54. The molecule has 1 aromatic heterocycles. The first-order valence-corrected chi connectivity index (χ1v) is 10.7. The summed E-state index contributed by atoms with van der Waals surface area (Å²) in [5.74, 6) is -1.37. The number of nitrogens with one attached hydrogen (secondary N) is 2. The van der Waals surface area contributed by atoms with Crippen molar-refractivity contribution in [2.24, 2.45) is 5.92 Å². The highest BCUT2D eigenvalue weighted by molar-refractivity contribution is 7.18. The van der Waals surface area contributed by atoms with Gasteiger partial charge in [-0.1, -0.05) is 25.0 Å². The molecule has 0 aliphatic heterocycles. The van der Waals surface area contributed by atoms with Crippen LogP contribution in [0.15, 0.2) is 24.3 Å². The molecule has 3 amide bonds. The number of thiazole rings is 1. The van der Waals surface area contributed by atoms with Crippen LogP contribution in [0.25, 0.3) is 10.2 Å². The molecule has 1 aliphatic carbocycles. The molecule has 3 rings (SSSR count). The predicted molar refractivity (Wildman–Crippen MR) is 112 cm³/mol. The maximum Gasteiger partial charge on any atom is 0.321 e. The summed E-state index contributed by atoms with van der Waals surface area (Å²) in [5, 5.41) is 5.75. The van der Waals surface area contributed by atoms with Gasteiger partial charge in [0, 0.05) is 11.5 Å². The van der Waals surface area contributed by atoms with E-state index in [0.29, 0.717) is 6.42 Å². The van der Waals surface area contributed by atoms with Crippen molar-refractivity contribution in [1.82, 2.24) is 15.6 Å². The molecule has 2 atom stereocenters. The highest BCUT2D eigenvalue weighted by Crippen LogP contribution is 2.41. The molecule has 1 heterocycles. The second-order valence-corrected chi connectivity index (χ2v) is 9.44. The zero-order valence-electron chi connectivity index (χ0n) is 17.0. The molecule has 156 valence electrons. The molecule has 0 saturated heterocycles. The maximum absolute atomic E-state index is 12.7. The summed E-state index contributed by atoms with van der Waals surface area (Å²) < 4.78 is 6.35. The number of para-hydroxylation sites is 1. The Balaban J connectivity index is 1.59.